The lowest BCUT2D eigenvalue weighted by Gasteiger charge is -2.13. The summed E-state index contributed by atoms with van der Waals surface area (Å²) in [6.45, 7) is 2.42. The normalized spacial score (nSPS) is 10.5. The number of rotatable bonds is 9. The summed E-state index contributed by atoms with van der Waals surface area (Å²) in [5.41, 5.74) is 3.70. The smallest absolute Gasteiger partial charge is 0.335 e. The fourth-order valence-electron chi connectivity index (χ4n) is 2.89. The molecule has 3 rings (SSSR count). The number of hydrogen-bond acceptors (Lipinski definition) is 6. The highest BCUT2D eigenvalue weighted by molar-refractivity contribution is 5.95. The van der Waals surface area contributed by atoms with Gasteiger partial charge in [0.25, 0.3) is 5.91 Å². The summed E-state index contributed by atoms with van der Waals surface area (Å²) >= 11 is 0. The van der Waals surface area contributed by atoms with Gasteiger partial charge in [-0.3, -0.25) is 4.79 Å². The van der Waals surface area contributed by atoms with E-state index in [9.17, 15) is 14.0 Å². The van der Waals surface area contributed by atoms with Crippen LogP contribution in [0, 0.1) is 17.1 Å². The average molecular weight is 461 g/mol. The van der Waals surface area contributed by atoms with Crippen molar-refractivity contribution >= 4 is 18.1 Å². The van der Waals surface area contributed by atoms with Crippen LogP contribution in [0.3, 0.4) is 0 Å². The van der Waals surface area contributed by atoms with Gasteiger partial charge in [-0.2, -0.15) is 10.4 Å². The Kier molecular flexibility index (Phi) is 7.92. The summed E-state index contributed by atoms with van der Waals surface area (Å²) < 4.78 is 25.4. The number of carbonyl (C=O) groups is 2. The zero-order valence-electron chi connectivity index (χ0n) is 18.1. The maximum absolute atomic E-state index is 13.9. The molecule has 0 atom stereocenters. The molecule has 8 nitrogen and oxygen atoms in total. The molecule has 0 aliphatic rings. The lowest BCUT2D eigenvalue weighted by Crippen LogP contribution is -2.19. The molecular formula is C25H20FN3O5. The van der Waals surface area contributed by atoms with E-state index in [4.69, 9.17) is 19.8 Å². The van der Waals surface area contributed by atoms with Gasteiger partial charge < -0.3 is 14.6 Å². The number of nitriles is 1. The molecule has 3 aromatic carbocycles. The number of benzene rings is 3. The number of carboxylic acid groups (broad SMARTS) is 1. The second-order valence-corrected chi connectivity index (χ2v) is 6.94. The number of nitrogens with zero attached hydrogens (tertiary/aromatic N) is 2. The molecule has 34 heavy (non-hydrogen) atoms. The number of amides is 1. The second-order valence-electron chi connectivity index (χ2n) is 6.94. The van der Waals surface area contributed by atoms with Crippen molar-refractivity contribution in [1.29, 1.82) is 5.26 Å². The Hall–Kier alpha value is -4.71. The van der Waals surface area contributed by atoms with Crippen molar-refractivity contribution in [1.82, 2.24) is 5.43 Å². The van der Waals surface area contributed by atoms with E-state index < -0.39 is 17.7 Å². The summed E-state index contributed by atoms with van der Waals surface area (Å²) in [5, 5.41) is 21.6. The number of ether oxygens (including phenoxy) is 2. The highest BCUT2D eigenvalue weighted by Gasteiger charge is 2.12. The van der Waals surface area contributed by atoms with Crippen LogP contribution in [-0.4, -0.2) is 29.8 Å². The molecule has 0 aliphatic heterocycles. The van der Waals surface area contributed by atoms with Gasteiger partial charge in [0.05, 0.1) is 35.6 Å². The van der Waals surface area contributed by atoms with Gasteiger partial charge in [0, 0.05) is 0 Å². The van der Waals surface area contributed by atoms with Crippen LogP contribution in [-0.2, 0) is 6.61 Å². The molecule has 9 heteroatoms. The zero-order valence-corrected chi connectivity index (χ0v) is 18.1. The highest BCUT2D eigenvalue weighted by atomic mass is 19.1. The first kappa shape index (κ1) is 23.9. The molecule has 3 aromatic rings. The Balaban J connectivity index is 1.66. The topological polar surface area (TPSA) is 121 Å². The molecule has 0 bridgehead atoms. The molecule has 0 unspecified atom stereocenters. The van der Waals surface area contributed by atoms with E-state index in [-0.39, 0.29) is 23.3 Å². The van der Waals surface area contributed by atoms with Gasteiger partial charge in [0.1, 0.15) is 12.4 Å². The Morgan fingerprint density at radius 3 is 2.50 bits per heavy atom. The Labute approximate surface area is 194 Å². The summed E-state index contributed by atoms with van der Waals surface area (Å²) in [6.07, 6.45) is 1.37. The summed E-state index contributed by atoms with van der Waals surface area (Å²) in [5.74, 6) is -1.63. The van der Waals surface area contributed by atoms with Gasteiger partial charge in [-0.1, -0.05) is 12.1 Å². The van der Waals surface area contributed by atoms with Crippen LogP contribution >= 0.6 is 0 Å². The van der Waals surface area contributed by atoms with Gasteiger partial charge in [0.15, 0.2) is 11.5 Å². The minimum atomic E-state index is -0.999. The van der Waals surface area contributed by atoms with Crippen molar-refractivity contribution in [3.63, 3.8) is 0 Å². The van der Waals surface area contributed by atoms with Crippen LogP contribution in [0.5, 0.6) is 11.5 Å². The number of nitrogens with one attached hydrogen (secondary N) is 1. The molecule has 0 saturated carbocycles. The van der Waals surface area contributed by atoms with E-state index in [1.807, 2.05) is 6.92 Å². The van der Waals surface area contributed by atoms with Crippen molar-refractivity contribution in [3.8, 4) is 17.6 Å². The third-order valence-corrected chi connectivity index (χ3v) is 4.59. The molecule has 0 saturated heterocycles. The molecule has 0 aliphatic carbocycles. The fourth-order valence-corrected chi connectivity index (χ4v) is 2.89. The minimum absolute atomic E-state index is 0.112. The standard InChI is InChI=1S/C25H20FN3O5/c1-2-33-23-12-18(14-28-29-24(30)20-9-5-17(13-27)11-21(20)26)6-10-22(23)34-15-16-3-7-19(8-4-16)25(31)32/h3-12,14H,2,15H2,1H3,(H,29,30)(H,31,32)/b28-14-. The van der Waals surface area contributed by atoms with E-state index in [0.29, 0.717) is 23.7 Å². The molecule has 0 radical (unpaired) electrons. The van der Waals surface area contributed by atoms with E-state index in [2.05, 4.69) is 10.5 Å². The maximum Gasteiger partial charge on any atom is 0.335 e. The first-order valence-corrected chi connectivity index (χ1v) is 10.2. The largest absolute Gasteiger partial charge is 0.490 e. The van der Waals surface area contributed by atoms with Crippen LogP contribution in [0.15, 0.2) is 65.8 Å². The van der Waals surface area contributed by atoms with Crippen LogP contribution in [0.25, 0.3) is 0 Å². The molecule has 0 fully saturated rings. The Morgan fingerprint density at radius 1 is 1.09 bits per heavy atom. The molecule has 0 heterocycles. The molecule has 1 amide bonds. The molecule has 2 N–H and O–H groups in total. The van der Waals surface area contributed by atoms with Crippen LogP contribution in [0.1, 0.15) is 44.3 Å². The Bertz CT molecular complexity index is 1270. The van der Waals surface area contributed by atoms with Crippen LogP contribution in [0.2, 0.25) is 0 Å². The first-order chi connectivity index (χ1) is 16.4. The fraction of sp³-hybridized carbons (Fsp3) is 0.120. The van der Waals surface area contributed by atoms with Crippen LogP contribution in [0.4, 0.5) is 4.39 Å². The summed E-state index contributed by atoms with van der Waals surface area (Å²) in [6, 6.07) is 16.7. The number of hydrogen-bond donors (Lipinski definition) is 2. The lowest BCUT2D eigenvalue weighted by molar-refractivity contribution is 0.0696. The van der Waals surface area contributed by atoms with Crippen molar-refractivity contribution in [2.24, 2.45) is 5.10 Å². The monoisotopic (exact) mass is 461 g/mol. The average Bonchev–Trinajstić information content (AvgIpc) is 2.83. The summed E-state index contributed by atoms with van der Waals surface area (Å²) in [4.78, 5) is 23.1. The number of carbonyl (C=O) groups excluding carboxylic acids is 1. The van der Waals surface area contributed by atoms with E-state index in [1.54, 1.807) is 36.4 Å². The zero-order chi connectivity index (χ0) is 24.5. The summed E-state index contributed by atoms with van der Waals surface area (Å²) in [7, 11) is 0. The highest BCUT2D eigenvalue weighted by Crippen LogP contribution is 2.29. The predicted molar refractivity (Wildman–Crippen MR) is 122 cm³/mol. The van der Waals surface area contributed by atoms with Gasteiger partial charge in [-0.15, -0.1) is 0 Å². The quantitative estimate of drug-likeness (QED) is 0.365. The lowest BCUT2D eigenvalue weighted by atomic mass is 10.1. The van der Waals surface area contributed by atoms with E-state index in [0.717, 1.165) is 11.6 Å². The number of carboxylic acids is 1. The number of halogens is 1. The van der Waals surface area contributed by atoms with Gasteiger partial charge in [-0.25, -0.2) is 14.6 Å². The molecule has 0 spiro atoms. The third kappa shape index (κ3) is 6.17. The molecule has 0 aromatic heterocycles. The van der Waals surface area contributed by atoms with Gasteiger partial charge >= 0.3 is 5.97 Å². The van der Waals surface area contributed by atoms with Crippen molar-refractivity contribution in [3.05, 3.63) is 94.3 Å². The molecular weight excluding hydrogens is 441 g/mol. The Morgan fingerprint density at radius 2 is 1.85 bits per heavy atom. The number of hydrazone groups is 1. The first-order valence-electron chi connectivity index (χ1n) is 10.2. The van der Waals surface area contributed by atoms with Gasteiger partial charge in [-0.05, 0) is 66.6 Å². The van der Waals surface area contributed by atoms with Gasteiger partial charge in [0.2, 0.25) is 0 Å². The number of aromatic carboxylic acids is 1. The van der Waals surface area contributed by atoms with E-state index in [1.165, 1.54) is 30.5 Å². The molecule has 172 valence electrons. The van der Waals surface area contributed by atoms with Crippen molar-refractivity contribution in [2.45, 2.75) is 13.5 Å². The van der Waals surface area contributed by atoms with Crippen molar-refractivity contribution < 1.29 is 28.6 Å². The second kappa shape index (κ2) is 11.2. The predicted octanol–water partition coefficient (Wildman–Crippen LogP) is 4.14. The van der Waals surface area contributed by atoms with Crippen LogP contribution < -0.4 is 14.9 Å². The van der Waals surface area contributed by atoms with Crippen molar-refractivity contribution in [2.75, 3.05) is 6.61 Å². The minimum Gasteiger partial charge on any atom is -0.490 e. The van der Waals surface area contributed by atoms with E-state index >= 15 is 0 Å². The SMILES string of the molecule is CCOc1cc(/C=N\NC(=O)c2ccc(C#N)cc2F)ccc1OCc1ccc(C(=O)O)cc1. The maximum atomic E-state index is 13.9. The third-order valence-electron chi connectivity index (χ3n) is 4.59.